The second-order valence-electron chi connectivity index (χ2n) is 3.67. The van der Waals surface area contributed by atoms with Crippen molar-refractivity contribution >= 4 is 17.2 Å². The van der Waals surface area contributed by atoms with Gasteiger partial charge in [0.15, 0.2) is 0 Å². The van der Waals surface area contributed by atoms with E-state index in [1.807, 2.05) is 29.6 Å². The molecule has 0 fully saturated rings. The third-order valence-electron chi connectivity index (χ3n) is 2.56. The quantitative estimate of drug-likeness (QED) is 0.763. The molecule has 0 saturated heterocycles. The number of rotatable bonds is 2. The lowest BCUT2D eigenvalue weighted by atomic mass is 10.1. The molecule has 0 aliphatic heterocycles. The molecule has 0 amide bonds. The normalized spacial score (nSPS) is 10.4. The topological polar surface area (TPSA) is 64.7 Å². The van der Waals surface area contributed by atoms with Gasteiger partial charge in [-0.05, 0) is 18.2 Å². The molecule has 3 aromatic rings. The molecular formula is C13H10N4S. The molecule has 0 saturated carbocycles. The van der Waals surface area contributed by atoms with Crippen LogP contribution in [0.3, 0.4) is 0 Å². The van der Waals surface area contributed by atoms with Crippen LogP contribution in [0.5, 0.6) is 0 Å². The van der Waals surface area contributed by atoms with E-state index in [0.29, 0.717) is 5.82 Å². The van der Waals surface area contributed by atoms with Crippen molar-refractivity contribution in [2.24, 2.45) is 0 Å². The van der Waals surface area contributed by atoms with Crippen LogP contribution in [0.15, 0.2) is 48.2 Å². The van der Waals surface area contributed by atoms with Crippen molar-refractivity contribution in [3.05, 3.63) is 48.2 Å². The smallest absolute Gasteiger partial charge is 0.133 e. The Kier molecular flexibility index (Phi) is 2.74. The van der Waals surface area contributed by atoms with Gasteiger partial charge in [0.25, 0.3) is 0 Å². The van der Waals surface area contributed by atoms with E-state index in [1.54, 1.807) is 29.9 Å². The lowest BCUT2D eigenvalue weighted by molar-refractivity contribution is 1.28. The van der Waals surface area contributed by atoms with Gasteiger partial charge in [-0.25, -0.2) is 9.97 Å². The summed E-state index contributed by atoms with van der Waals surface area (Å²) in [6, 6.07) is 7.64. The van der Waals surface area contributed by atoms with E-state index in [1.165, 1.54) is 0 Å². The van der Waals surface area contributed by atoms with Gasteiger partial charge in [0.2, 0.25) is 0 Å². The maximum atomic E-state index is 5.99. The third kappa shape index (κ3) is 1.84. The molecule has 2 N–H and O–H groups in total. The highest BCUT2D eigenvalue weighted by atomic mass is 32.1. The fraction of sp³-hybridized carbons (Fsp3) is 0. The van der Waals surface area contributed by atoms with Gasteiger partial charge in [-0.15, -0.1) is 11.3 Å². The zero-order valence-electron chi connectivity index (χ0n) is 9.45. The Hall–Kier alpha value is -2.27. The number of pyridine rings is 2. The van der Waals surface area contributed by atoms with Crippen LogP contribution in [0, 0.1) is 0 Å². The van der Waals surface area contributed by atoms with Crippen LogP contribution in [0.4, 0.5) is 5.82 Å². The van der Waals surface area contributed by atoms with E-state index in [9.17, 15) is 0 Å². The van der Waals surface area contributed by atoms with Crippen LogP contribution >= 0.6 is 11.3 Å². The standard InChI is InChI=1S/C13H10N4S/c14-12-11(10-3-1-2-5-15-10)9(4-6-16-12)13-17-7-8-18-13/h1-8H,(H2,14,16). The second-order valence-corrected chi connectivity index (χ2v) is 4.57. The van der Waals surface area contributed by atoms with E-state index in [2.05, 4.69) is 15.0 Å². The Labute approximate surface area is 108 Å². The van der Waals surface area contributed by atoms with Crippen LogP contribution in [0.2, 0.25) is 0 Å². The van der Waals surface area contributed by atoms with Crippen LogP contribution in [-0.4, -0.2) is 15.0 Å². The molecule has 3 aromatic heterocycles. The minimum atomic E-state index is 0.474. The van der Waals surface area contributed by atoms with Crippen molar-refractivity contribution in [3.63, 3.8) is 0 Å². The van der Waals surface area contributed by atoms with Crippen molar-refractivity contribution in [3.8, 4) is 21.8 Å². The number of nitrogen functional groups attached to an aromatic ring is 1. The maximum absolute atomic E-state index is 5.99. The average Bonchev–Trinajstić information content (AvgIpc) is 2.93. The van der Waals surface area contributed by atoms with Gasteiger partial charge in [-0.3, -0.25) is 4.98 Å². The molecule has 3 rings (SSSR count). The summed E-state index contributed by atoms with van der Waals surface area (Å²) in [7, 11) is 0. The molecule has 5 heteroatoms. The predicted octanol–water partition coefficient (Wildman–Crippen LogP) is 2.85. The molecule has 0 radical (unpaired) electrons. The van der Waals surface area contributed by atoms with Crippen molar-refractivity contribution in [2.45, 2.75) is 0 Å². The van der Waals surface area contributed by atoms with E-state index in [0.717, 1.165) is 21.8 Å². The maximum Gasteiger partial charge on any atom is 0.133 e. The lowest BCUT2D eigenvalue weighted by Gasteiger charge is -2.08. The summed E-state index contributed by atoms with van der Waals surface area (Å²) in [4.78, 5) is 12.8. The summed E-state index contributed by atoms with van der Waals surface area (Å²) in [5, 5.41) is 2.86. The summed E-state index contributed by atoms with van der Waals surface area (Å²) in [6.45, 7) is 0. The Morgan fingerprint density at radius 3 is 2.61 bits per heavy atom. The van der Waals surface area contributed by atoms with E-state index in [4.69, 9.17) is 5.73 Å². The van der Waals surface area contributed by atoms with Crippen molar-refractivity contribution in [1.82, 2.24) is 15.0 Å². The molecule has 4 nitrogen and oxygen atoms in total. The first-order chi connectivity index (χ1) is 8.86. The lowest BCUT2D eigenvalue weighted by Crippen LogP contribution is -1.97. The first-order valence-electron chi connectivity index (χ1n) is 5.42. The van der Waals surface area contributed by atoms with Gasteiger partial charge in [0, 0.05) is 29.5 Å². The first-order valence-corrected chi connectivity index (χ1v) is 6.30. The third-order valence-corrected chi connectivity index (χ3v) is 3.37. The van der Waals surface area contributed by atoms with Crippen LogP contribution in [0.25, 0.3) is 21.8 Å². The SMILES string of the molecule is Nc1nccc(-c2nccs2)c1-c1ccccn1. The van der Waals surface area contributed by atoms with E-state index < -0.39 is 0 Å². The Bertz CT molecular complexity index is 650. The molecule has 0 aliphatic carbocycles. The van der Waals surface area contributed by atoms with Crippen molar-refractivity contribution in [1.29, 1.82) is 0 Å². The van der Waals surface area contributed by atoms with Gasteiger partial charge in [-0.2, -0.15) is 0 Å². The molecule has 0 aromatic carbocycles. The monoisotopic (exact) mass is 254 g/mol. The first kappa shape index (κ1) is 10.9. The Balaban J connectivity index is 2.25. The molecule has 0 unspecified atom stereocenters. The summed E-state index contributed by atoms with van der Waals surface area (Å²) in [5.74, 6) is 0.474. The van der Waals surface area contributed by atoms with Gasteiger partial charge >= 0.3 is 0 Å². The fourth-order valence-corrected chi connectivity index (χ4v) is 2.46. The molecule has 0 aliphatic rings. The summed E-state index contributed by atoms with van der Waals surface area (Å²) < 4.78 is 0. The summed E-state index contributed by atoms with van der Waals surface area (Å²) in [5.41, 5.74) is 8.61. The van der Waals surface area contributed by atoms with Crippen molar-refractivity contribution in [2.75, 3.05) is 5.73 Å². The second kappa shape index (κ2) is 4.54. The molecule has 18 heavy (non-hydrogen) atoms. The Morgan fingerprint density at radius 1 is 0.944 bits per heavy atom. The fourth-order valence-electron chi connectivity index (χ4n) is 1.79. The zero-order valence-corrected chi connectivity index (χ0v) is 10.3. The largest absolute Gasteiger partial charge is 0.383 e. The molecule has 88 valence electrons. The van der Waals surface area contributed by atoms with Gasteiger partial charge in [0.1, 0.15) is 10.8 Å². The molecule has 0 spiro atoms. The number of nitrogens with two attached hydrogens (primary N) is 1. The number of aromatic nitrogens is 3. The van der Waals surface area contributed by atoms with E-state index in [-0.39, 0.29) is 0 Å². The molecule has 0 atom stereocenters. The van der Waals surface area contributed by atoms with Crippen LogP contribution in [-0.2, 0) is 0 Å². The van der Waals surface area contributed by atoms with Gasteiger partial charge in [0.05, 0.1) is 11.3 Å². The van der Waals surface area contributed by atoms with Gasteiger partial charge in [-0.1, -0.05) is 6.07 Å². The number of thiazole rings is 1. The number of nitrogens with zero attached hydrogens (tertiary/aromatic N) is 3. The van der Waals surface area contributed by atoms with Gasteiger partial charge < -0.3 is 5.73 Å². The molecule has 3 heterocycles. The van der Waals surface area contributed by atoms with Crippen molar-refractivity contribution < 1.29 is 0 Å². The van der Waals surface area contributed by atoms with Crippen LogP contribution in [0.1, 0.15) is 0 Å². The molecule has 0 bridgehead atoms. The molecular weight excluding hydrogens is 244 g/mol. The number of hydrogen-bond donors (Lipinski definition) is 1. The zero-order chi connectivity index (χ0) is 12.4. The summed E-state index contributed by atoms with van der Waals surface area (Å²) >= 11 is 1.57. The number of hydrogen-bond acceptors (Lipinski definition) is 5. The summed E-state index contributed by atoms with van der Waals surface area (Å²) in [6.07, 6.45) is 5.21. The Morgan fingerprint density at radius 2 is 1.89 bits per heavy atom. The average molecular weight is 254 g/mol. The van der Waals surface area contributed by atoms with Crippen LogP contribution < -0.4 is 5.73 Å². The predicted molar refractivity (Wildman–Crippen MR) is 73.0 cm³/mol. The highest BCUT2D eigenvalue weighted by Crippen LogP contribution is 2.34. The minimum Gasteiger partial charge on any atom is -0.383 e. The van der Waals surface area contributed by atoms with E-state index >= 15 is 0 Å². The minimum absolute atomic E-state index is 0.474. The number of anilines is 1. The highest BCUT2D eigenvalue weighted by Gasteiger charge is 2.13. The highest BCUT2D eigenvalue weighted by molar-refractivity contribution is 7.13.